The lowest BCUT2D eigenvalue weighted by atomic mass is 9.73. The molecule has 0 saturated heterocycles. The second kappa shape index (κ2) is 12.9. The molecule has 0 amide bonds. The predicted molar refractivity (Wildman–Crippen MR) is 138 cm³/mol. The largest absolute Gasteiger partial charge is 0.482 e. The first-order valence-electron chi connectivity index (χ1n) is 13.3. The molecule has 2 N–H and O–H groups in total. The van der Waals surface area contributed by atoms with Gasteiger partial charge in [0.2, 0.25) is 0 Å². The Kier molecular flexibility index (Phi) is 9.39. The van der Waals surface area contributed by atoms with Crippen molar-refractivity contribution in [3.63, 3.8) is 0 Å². The van der Waals surface area contributed by atoms with Gasteiger partial charge in [0.25, 0.3) is 0 Å². The van der Waals surface area contributed by atoms with E-state index < -0.39 is 30.1 Å². The van der Waals surface area contributed by atoms with Crippen LogP contribution in [0.2, 0.25) is 0 Å². The zero-order chi connectivity index (χ0) is 27.1. The Bertz CT molecular complexity index is 1110. The molecule has 0 radical (unpaired) electrons. The molecule has 2 aliphatic rings. The molecular formula is C30H36O8. The van der Waals surface area contributed by atoms with Gasteiger partial charge in [0.05, 0.1) is 6.10 Å². The van der Waals surface area contributed by atoms with Gasteiger partial charge in [-0.15, -0.1) is 0 Å². The summed E-state index contributed by atoms with van der Waals surface area (Å²) in [6.07, 6.45) is 2.70. The van der Waals surface area contributed by atoms with E-state index in [2.05, 4.69) is 6.07 Å². The number of rotatable bonds is 12. The Labute approximate surface area is 222 Å². The van der Waals surface area contributed by atoms with Crippen LogP contribution in [-0.2, 0) is 43.3 Å². The van der Waals surface area contributed by atoms with Crippen LogP contribution in [0.1, 0.15) is 55.7 Å². The third-order valence-corrected chi connectivity index (χ3v) is 7.77. The second-order valence-electron chi connectivity index (χ2n) is 10.4. The van der Waals surface area contributed by atoms with Crippen LogP contribution in [0.5, 0.6) is 5.75 Å². The van der Waals surface area contributed by atoms with Gasteiger partial charge < -0.3 is 24.4 Å². The molecule has 5 atom stereocenters. The molecule has 0 heterocycles. The molecular weight excluding hydrogens is 488 g/mol. The van der Waals surface area contributed by atoms with Gasteiger partial charge in [-0.2, -0.15) is 0 Å². The molecule has 0 spiro atoms. The van der Waals surface area contributed by atoms with Gasteiger partial charge in [0.1, 0.15) is 18.5 Å². The van der Waals surface area contributed by atoms with Crippen molar-refractivity contribution >= 4 is 17.9 Å². The lowest BCUT2D eigenvalue weighted by Crippen LogP contribution is -2.29. The Balaban J connectivity index is 1.35. The minimum absolute atomic E-state index is 0.0496. The lowest BCUT2D eigenvalue weighted by Gasteiger charge is -2.32. The highest BCUT2D eigenvalue weighted by molar-refractivity contribution is 5.71. The van der Waals surface area contributed by atoms with Crippen LogP contribution >= 0.6 is 0 Å². The van der Waals surface area contributed by atoms with Crippen LogP contribution in [0.4, 0.5) is 0 Å². The highest BCUT2D eigenvalue weighted by atomic mass is 16.6. The normalized spacial score (nSPS) is 22.6. The molecule has 1 saturated carbocycles. The minimum Gasteiger partial charge on any atom is -0.482 e. The van der Waals surface area contributed by atoms with Gasteiger partial charge in [-0.25, -0.2) is 4.79 Å². The summed E-state index contributed by atoms with van der Waals surface area (Å²) in [5.41, 5.74) is 3.15. The molecule has 8 nitrogen and oxygen atoms in total. The zero-order valence-corrected chi connectivity index (χ0v) is 21.7. The maximum atomic E-state index is 12.3. The van der Waals surface area contributed by atoms with Gasteiger partial charge in [-0.3, -0.25) is 9.59 Å². The Morgan fingerprint density at radius 3 is 2.55 bits per heavy atom. The van der Waals surface area contributed by atoms with Gasteiger partial charge in [-0.1, -0.05) is 42.5 Å². The van der Waals surface area contributed by atoms with Gasteiger partial charge >= 0.3 is 17.9 Å². The molecule has 204 valence electrons. The fourth-order valence-electron chi connectivity index (χ4n) is 6.02. The van der Waals surface area contributed by atoms with Crippen molar-refractivity contribution in [3.05, 3.63) is 65.2 Å². The Hall–Kier alpha value is -3.39. The molecule has 0 bridgehead atoms. The summed E-state index contributed by atoms with van der Waals surface area (Å²) in [6, 6.07) is 15.4. The van der Waals surface area contributed by atoms with Crippen molar-refractivity contribution in [2.45, 2.75) is 70.7 Å². The van der Waals surface area contributed by atoms with Crippen LogP contribution in [-0.4, -0.2) is 46.9 Å². The average molecular weight is 525 g/mol. The number of aliphatic hydroxyl groups is 1. The smallest absolute Gasteiger partial charge is 0.344 e. The summed E-state index contributed by atoms with van der Waals surface area (Å²) in [4.78, 5) is 34.7. The van der Waals surface area contributed by atoms with E-state index in [-0.39, 0.29) is 43.8 Å². The van der Waals surface area contributed by atoms with E-state index in [0.717, 1.165) is 29.5 Å². The number of aliphatic hydroxyl groups excluding tert-OH is 1. The molecule has 2 aliphatic carbocycles. The number of ether oxygens (including phenoxy) is 3. The van der Waals surface area contributed by atoms with Crippen molar-refractivity contribution in [3.8, 4) is 5.75 Å². The Morgan fingerprint density at radius 1 is 1.03 bits per heavy atom. The van der Waals surface area contributed by atoms with Crippen molar-refractivity contribution in [2.75, 3.05) is 6.61 Å². The van der Waals surface area contributed by atoms with E-state index in [1.165, 1.54) is 6.92 Å². The number of benzene rings is 2. The molecule has 2 aromatic rings. The first-order valence-corrected chi connectivity index (χ1v) is 13.3. The molecule has 8 heteroatoms. The van der Waals surface area contributed by atoms with Crippen LogP contribution < -0.4 is 4.74 Å². The van der Waals surface area contributed by atoms with Gasteiger partial charge in [-0.05, 0) is 79.0 Å². The molecule has 38 heavy (non-hydrogen) atoms. The van der Waals surface area contributed by atoms with Gasteiger partial charge in [0.15, 0.2) is 6.61 Å². The quantitative estimate of drug-likeness (QED) is 0.399. The SMILES string of the molecule is CC(=O)OC(CCC(=O)O)CC[C@@H]1[C@H]2Cc3cccc(OCC(=O)OCc4ccccc4)c3C[C@H]2C[C@H]1O. The number of carboxylic acids is 1. The number of hydrogen-bond acceptors (Lipinski definition) is 7. The molecule has 4 rings (SSSR count). The number of carboxylic acid groups (broad SMARTS) is 1. The standard InChI is InChI=1S/C30H36O8/c1-19(31)38-23(11-13-29(33)34)10-12-24-25-14-21-8-5-9-28(26(21)15-22(25)16-27(24)32)36-18-30(35)37-17-20-6-3-2-4-7-20/h2-9,22-25,27,32H,10-18H2,1H3,(H,33,34)/t22-,23?,24+,25-,27+/m0/s1. The maximum Gasteiger partial charge on any atom is 0.344 e. The molecule has 1 unspecified atom stereocenters. The third kappa shape index (κ3) is 7.34. The Morgan fingerprint density at radius 2 is 1.82 bits per heavy atom. The summed E-state index contributed by atoms with van der Waals surface area (Å²) in [5, 5.41) is 19.9. The van der Waals surface area contributed by atoms with Crippen LogP contribution in [0.15, 0.2) is 48.5 Å². The number of carbonyl (C=O) groups is 3. The van der Waals surface area contributed by atoms with Crippen LogP contribution in [0, 0.1) is 17.8 Å². The minimum atomic E-state index is -0.922. The molecule has 0 aliphatic heterocycles. The number of fused-ring (bicyclic) bond motifs is 2. The topological polar surface area (TPSA) is 119 Å². The average Bonchev–Trinajstić information content (AvgIpc) is 3.20. The van der Waals surface area contributed by atoms with E-state index in [9.17, 15) is 19.5 Å². The van der Waals surface area contributed by atoms with E-state index in [1.54, 1.807) is 0 Å². The first-order chi connectivity index (χ1) is 18.3. The number of carbonyl (C=O) groups excluding carboxylic acids is 2. The zero-order valence-electron chi connectivity index (χ0n) is 21.7. The fraction of sp³-hybridized carbons (Fsp3) is 0.500. The molecule has 0 aromatic heterocycles. The van der Waals surface area contributed by atoms with Gasteiger partial charge in [0, 0.05) is 13.3 Å². The summed E-state index contributed by atoms with van der Waals surface area (Å²) >= 11 is 0. The van der Waals surface area contributed by atoms with Crippen molar-refractivity contribution in [1.29, 1.82) is 0 Å². The van der Waals surface area contributed by atoms with E-state index in [0.29, 0.717) is 25.0 Å². The number of esters is 2. The fourth-order valence-corrected chi connectivity index (χ4v) is 6.02. The van der Waals surface area contributed by atoms with Crippen LogP contribution in [0.25, 0.3) is 0 Å². The predicted octanol–water partition coefficient (Wildman–Crippen LogP) is 4.10. The monoisotopic (exact) mass is 524 g/mol. The summed E-state index contributed by atoms with van der Waals surface area (Å²) in [5.74, 6) is -0.484. The second-order valence-corrected chi connectivity index (χ2v) is 10.4. The third-order valence-electron chi connectivity index (χ3n) is 7.77. The highest BCUT2D eigenvalue weighted by Crippen LogP contribution is 2.48. The van der Waals surface area contributed by atoms with Crippen molar-refractivity contribution in [1.82, 2.24) is 0 Å². The number of aliphatic carboxylic acids is 1. The summed E-state index contributed by atoms with van der Waals surface area (Å²) in [7, 11) is 0. The van der Waals surface area contributed by atoms with E-state index >= 15 is 0 Å². The lowest BCUT2D eigenvalue weighted by molar-refractivity contribution is -0.149. The highest BCUT2D eigenvalue weighted by Gasteiger charge is 2.45. The number of hydrogen-bond donors (Lipinski definition) is 2. The molecule has 1 fully saturated rings. The van der Waals surface area contributed by atoms with E-state index in [4.69, 9.17) is 19.3 Å². The first kappa shape index (κ1) is 27.6. The molecule has 2 aromatic carbocycles. The summed E-state index contributed by atoms with van der Waals surface area (Å²) in [6.45, 7) is 1.36. The summed E-state index contributed by atoms with van der Waals surface area (Å²) < 4.78 is 16.6. The van der Waals surface area contributed by atoms with E-state index in [1.807, 2.05) is 42.5 Å². The van der Waals surface area contributed by atoms with Crippen molar-refractivity contribution < 1.29 is 38.8 Å². The van der Waals surface area contributed by atoms with Crippen molar-refractivity contribution in [2.24, 2.45) is 17.8 Å². The van der Waals surface area contributed by atoms with Crippen LogP contribution in [0.3, 0.4) is 0 Å². The maximum absolute atomic E-state index is 12.3.